The Hall–Kier alpha value is -1.95. The Balaban J connectivity index is 1.46. The lowest BCUT2D eigenvalue weighted by molar-refractivity contribution is -0.133. The van der Waals surface area contributed by atoms with Crippen LogP contribution >= 0.6 is 0 Å². The lowest BCUT2D eigenvalue weighted by Gasteiger charge is -2.35. The van der Waals surface area contributed by atoms with Gasteiger partial charge in [-0.3, -0.25) is 14.5 Å². The van der Waals surface area contributed by atoms with Crippen molar-refractivity contribution in [2.75, 3.05) is 45.8 Å². The number of carbonyl (C=O) groups is 2. The van der Waals surface area contributed by atoms with E-state index in [9.17, 15) is 14.0 Å². The van der Waals surface area contributed by atoms with Crippen LogP contribution in [0.15, 0.2) is 24.3 Å². The first-order chi connectivity index (χ1) is 12.6. The van der Waals surface area contributed by atoms with Gasteiger partial charge in [-0.05, 0) is 37.1 Å². The Morgan fingerprint density at radius 2 is 1.35 bits per heavy atom. The van der Waals surface area contributed by atoms with Crippen molar-refractivity contribution < 1.29 is 14.0 Å². The summed E-state index contributed by atoms with van der Waals surface area (Å²) in [5, 5.41) is 0. The van der Waals surface area contributed by atoms with Gasteiger partial charge in [0.15, 0.2) is 0 Å². The molecule has 2 heterocycles. The van der Waals surface area contributed by atoms with Crippen LogP contribution in [0.2, 0.25) is 0 Å². The largest absolute Gasteiger partial charge is 0.342 e. The van der Waals surface area contributed by atoms with Crippen molar-refractivity contribution in [3.05, 3.63) is 35.6 Å². The number of nitrogens with zero attached hydrogens (tertiary/aromatic N) is 3. The van der Waals surface area contributed by atoms with Crippen molar-refractivity contribution in [2.24, 2.45) is 0 Å². The molecule has 0 aliphatic carbocycles. The van der Waals surface area contributed by atoms with Crippen LogP contribution in [0.3, 0.4) is 0 Å². The molecule has 2 aliphatic rings. The average Bonchev–Trinajstić information content (AvgIpc) is 2.62. The van der Waals surface area contributed by atoms with Crippen molar-refractivity contribution in [2.45, 2.75) is 32.1 Å². The van der Waals surface area contributed by atoms with Gasteiger partial charge in [0.1, 0.15) is 5.82 Å². The molecule has 6 heteroatoms. The quantitative estimate of drug-likeness (QED) is 0.830. The summed E-state index contributed by atoms with van der Waals surface area (Å²) in [6.45, 7) is 4.80. The molecule has 2 saturated heterocycles. The van der Waals surface area contributed by atoms with E-state index in [0.29, 0.717) is 38.3 Å². The molecule has 0 saturated carbocycles. The maximum Gasteiger partial charge on any atom is 0.253 e. The van der Waals surface area contributed by atoms with Gasteiger partial charge in [0.25, 0.3) is 5.91 Å². The van der Waals surface area contributed by atoms with Gasteiger partial charge in [0, 0.05) is 44.8 Å². The summed E-state index contributed by atoms with van der Waals surface area (Å²) in [6.07, 6.45) is 5.92. The zero-order valence-electron chi connectivity index (χ0n) is 15.3. The highest BCUT2D eigenvalue weighted by Gasteiger charge is 2.25. The molecule has 0 bridgehead atoms. The lowest BCUT2D eigenvalue weighted by Crippen LogP contribution is -2.51. The molecule has 0 N–H and O–H groups in total. The van der Waals surface area contributed by atoms with Crippen molar-refractivity contribution in [3.63, 3.8) is 0 Å². The SMILES string of the molecule is O=C(CN1CCN(C(=O)c2ccc(F)cc2)CC1)N1CCCCCCC1. The summed E-state index contributed by atoms with van der Waals surface area (Å²) >= 11 is 0. The fraction of sp³-hybridized carbons (Fsp3) is 0.600. The number of benzene rings is 1. The zero-order chi connectivity index (χ0) is 18.4. The van der Waals surface area contributed by atoms with Gasteiger partial charge in [0.2, 0.25) is 5.91 Å². The van der Waals surface area contributed by atoms with Crippen LogP contribution in [0, 0.1) is 5.82 Å². The van der Waals surface area contributed by atoms with Gasteiger partial charge < -0.3 is 9.80 Å². The zero-order valence-corrected chi connectivity index (χ0v) is 15.3. The molecule has 0 atom stereocenters. The first-order valence-electron chi connectivity index (χ1n) is 9.68. The summed E-state index contributed by atoms with van der Waals surface area (Å²) in [5.74, 6) is -0.195. The van der Waals surface area contributed by atoms with Gasteiger partial charge in [0.05, 0.1) is 6.54 Å². The van der Waals surface area contributed by atoms with Gasteiger partial charge >= 0.3 is 0 Å². The summed E-state index contributed by atoms with van der Waals surface area (Å²) < 4.78 is 13.0. The van der Waals surface area contributed by atoms with E-state index < -0.39 is 0 Å². The Kier molecular flexibility index (Phi) is 6.61. The van der Waals surface area contributed by atoms with E-state index >= 15 is 0 Å². The number of amides is 2. The molecule has 0 spiro atoms. The van der Waals surface area contributed by atoms with Crippen LogP contribution in [-0.4, -0.2) is 72.3 Å². The van der Waals surface area contributed by atoms with E-state index in [-0.39, 0.29) is 17.6 Å². The fourth-order valence-electron chi connectivity index (χ4n) is 3.67. The summed E-state index contributed by atoms with van der Waals surface area (Å²) in [7, 11) is 0. The second-order valence-corrected chi connectivity index (χ2v) is 7.22. The second-order valence-electron chi connectivity index (χ2n) is 7.22. The van der Waals surface area contributed by atoms with E-state index in [0.717, 1.165) is 25.9 Å². The first-order valence-corrected chi connectivity index (χ1v) is 9.68. The maximum absolute atomic E-state index is 13.0. The Morgan fingerprint density at radius 3 is 1.96 bits per heavy atom. The Morgan fingerprint density at radius 1 is 0.769 bits per heavy atom. The number of hydrogen-bond donors (Lipinski definition) is 0. The van der Waals surface area contributed by atoms with Crippen LogP contribution in [0.1, 0.15) is 42.5 Å². The van der Waals surface area contributed by atoms with Gasteiger partial charge in [-0.1, -0.05) is 19.3 Å². The standard InChI is InChI=1S/C20H28FN3O2/c21-18-8-6-17(7-9-18)20(26)24-14-12-22(13-15-24)16-19(25)23-10-4-2-1-3-5-11-23/h6-9H,1-5,10-16H2. The van der Waals surface area contributed by atoms with Crippen LogP contribution in [-0.2, 0) is 4.79 Å². The third-order valence-electron chi connectivity index (χ3n) is 5.32. The normalized spacial score (nSPS) is 19.7. The smallest absolute Gasteiger partial charge is 0.253 e. The number of rotatable bonds is 3. The number of hydrogen-bond acceptors (Lipinski definition) is 3. The minimum atomic E-state index is -0.339. The van der Waals surface area contributed by atoms with Gasteiger partial charge in [-0.15, -0.1) is 0 Å². The molecule has 2 aliphatic heterocycles. The monoisotopic (exact) mass is 361 g/mol. The Labute approximate surface area is 154 Å². The minimum absolute atomic E-state index is 0.0697. The van der Waals surface area contributed by atoms with Gasteiger partial charge in [-0.25, -0.2) is 4.39 Å². The molecule has 0 radical (unpaired) electrons. The molecule has 0 aromatic heterocycles. The molecular formula is C20H28FN3O2. The third-order valence-corrected chi connectivity index (χ3v) is 5.32. The van der Waals surface area contributed by atoms with Crippen molar-refractivity contribution in [1.29, 1.82) is 0 Å². The lowest BCUT2D eigenvalue weighted by atomic mass is 10.1. The second kappa shape index (κ2) is 9.12. The Bertz CT molecular complexity index is 604. The van der Waals surface area contributed by atoms with Crippen molar-refractivity contribution in [1.82, 2.24) is 14.7 Å². The highest BCUT2D eigenvalue weighted by Crippen LogP contribution is 2.13. The molecule has 5 nitrogen and oxygen atoms in total. The van der Waals surface area contributed by atoms with Crippen molar-refractivity contribution in [3.8, 4) is 0 Å². The number of carbonyl (C=O) groups excluding carboxylic acids is 2. The summed E-state index contributed by atoms with van der Waals surface area (Å²) in [5.41, 5.74) is 0.511. The molecule has 3 rings (SSSR count). The van der Waals surface area contributed by atoms with E-state index in [1.165, 1.54) is 43.5 Å². The highest BCUT2D eigenvalue weighted by molar-refractivity contribution is 5.94. The maximum atomic E-state index is 13.0. The van der Waals surface area contributed by atoms with E-state index in [2.05, 4.69) is 4.90 Å². The highest BCUT2D eigenvalue weighted by atomic mass is 19.1. The van der Waals surface area contributed by atoms with Crippen LogP contribution in [0.5, 0.6) is 0 Å². The summed E-state index contributed by atoms with van der Waals surface area (Å²) in [4.78, 5) is 31.0. The average molecular weight is 361 g/mol. The summed E-state index contributed by atoms with van der Waals surface area (Å²) in [6, 6.07) is 5.67. The molecule has 2 amide bonds. The molecule has 1 aromatic rings. The number of piperazine rings is 1. The molecular weight excluding hydrogens is 333 g/mol. The molecule has 0 unspecified atom stereocenters. The predicted octanol–water partition coefficient (Wildman–Crippen LogP) is 2.38. The van der Waals surface area contributed by atoms with Gasteiger partial charge in [-0.2, -0.15) is 0 Å². The minimum Gasteiger partial charge on any atom is -0.342 e. The molecule has 142 valence electrons. The third kappa shape index (κ3) is 5.04. The topological polar surface area (TPSA) is 43.9 Å². The van der Waals surface area contributed by atoms with Crippen LogP contribution < -0.4 is 0 Å². The van der Waals surface area contributed by atoms with Crippen molar-refractivity contribution >= 4 is 11.8 Å². The molecule has 2 fully saturated rings. The molecule has 1 aromatic carbocycles. The number of likely N-dealkylation sites (tertiary alicyclic amines) is 1. The molecule has 26 heavy (non-hydrogen) atoms. The van der Waals surface area contributed by atoms with Crippen LogP contribution in [0.25, 0.3) is 0 Å². The fourth-order valence-corrected chi connectivity index (χ4v) is 3.67. The van der Waals surface area contributed by atoms with E-state index in [4.69, 9.17) is 0 Å². The van der Waals surface area contributed by atoms with E-state index in [1.54, 1.807) is 4.90 Å². The predicted molar refractivity (Wildman–Crippen MR) is 98.4 cm³/mol. The van der Waals surface area contributed by atoms with E-state index in [1.807, 2.05) is 4.90 Å². The number of halogens is 1. The first kappa shape index (κ1) is 18.8. The van der Waals surface area contributed by atoms with Crippen LogP contribution in [0.4, 0.5) is 4.39 Å².